The Balaban J connectivity index is 1.15. The van der Waals surface area contributed by atoms with Crippen molar-refractivity contribution in [3.05, 3.63) is 65.7 Å². The van der Waals surface area contributed by atoms with Crippen molar-refractivity contribution in [1.29, 1.82) is 0 Å². The van der Waals surface area contributed by atoms with E-state index in [1.165, 1.54) is 5.56 Å². The maximum atomic E-state index is 13.2. The summed E-state index contributed by atoms with van der Waals surface area (Å²) in [7, 11) is 0. The maximum absolute atomic E-state index is 13.2. The molecule has 0 aliphatic carbocycles. The molecule has 162 valence electrons. The number of hydrogen-bond acceptors (Lipinski definition) is 5. The van der Waals surface area contributed by atoms with Crippen LogP contribution in [0.5, 0.6) is 0 Å². The number of carbonyl (C=O) groups is 2. The van der Waals surface area contributed by atoms with Crippen molar-refractivity contribution in [3.63, 3.8) is 0 Å². The number of carbonyl (C=O) groups excluding carboxylic acids is 2. The van der Waals surface area contributed by atoms with Crippen molar-refractivity contribution < 1.29 is 9.59 Å². The normalized spacial score (nSPS) is 23.7. The number of para-hydroxylation sites is 1. The first-order valence-corrected chi connectivity index (χ1v) is 11.1. The Labute approximate surface area is 183 Å². The van der Waals surface area contributed by atoms with Crippen LogP contribution < -0.4 is 15.8 Å². The molecule has 5 rings (SSSR count). The molecule has 2 aromatic carbocycles. The molecule has 2 saturated heterocycles. The van der Waals surface area contributed by atoms with E-state index < -0.39 is 0 Å². The molecule has 2 amide bonds. The van der Waals surface area contributed by atoms with Gasteiger partial charge in [-0.3, -0.25) is 19.9 Å². The van der Waals surface area contributed by atoms with E-state index in [1.54, 1.807) is 0 Å². The fourth-order valence-corrected chi connectivity index (χ4v) is 4.94. The number of piperazine rings is 1. The van der Waals surface area contributed by atoms with Gasteiger partial charge in [0, 0.05) is 45.0 Å². The smallest absolute Gasteiger partial charge is 0.241 e. The molecule has 0 bridgehead atoms. The van der Waals surface area contributed by atoms with Crippen molar-refractivity contribution in [2.75, 3.05) is 50.7 Å². The predicted octanol–water partition coefficient (Wildman–Crippen LogP) is 1.19. The van der Waals surface area contributed by atoms with Crippen LogP contribution in [0.25, 0.3) is 0 Å². The van der Waals surface area contributed by atoms with E-state index in [1.807, 2.05) is 46.2 Å². The number of fused-ring (bicyclic) bond motifs is 1. The van der Waals surface area contributed by atoms with Crippen LogP contribution in [0.15, 0.2) is 54.6 Å². The Hall–Kier alpha value is -2.74. The molecule has 3 aliphatic rings. The van der Waals surface area contributed by atoms with Crippen LogP contribution in [0.2, 0.25) is 0 Å². The van der Waals surface area contributed by atoms with Crippen LogP contribution in [-0.2, 0) is 16.0 Å². The maximum Gasteiger partial charge on any atom is 0.241 e. The van der Waals surface area contributed by atoms with Gasteiger partial charge in [-0.1, -0.05) is 48.5 Å². The van der Waals surface area contributed by atoms with Crippen molar-refractivity contribution in [2.45, 2.75) is 12.5 Å². The summed E-state index contributed by atoms with van der Waals surface area (Å²) in [5.41, 5.74) is 9.84. The third kappa shape index (κ3) is 4.08. The minimum atomic E-state index is -0.114. The van der Waals surface area contributed by atoms with Crippen molar-refractivity contribution in [3.8, 4) is 0 Å². The standard InChI is InChI=1S/C24H29N5O2/c30-22(29-11-10-18-6-4-5-9-21(18)29)17-27-12-14-28(15-13-27)24(31)20-16-25-26-23(20)19-7-2-1-3-8-19/h1-9,20,23,25-26H,10-17H2. The van der Waals surface area contributed by atoms with Gasteiger partial charge in [-0.2, -0.15) is 0 Å². The molecule has 0 radical (unpaired) electrons. The largest absolute Gasteiger partial charge is 0.340 e. The van der Waals surface area contributed by atoms with E-state index in [2.05, 4.69) is 34.0 Å². The Bertz CT molecular complexity index is 942. The summed E-state index contributed by atoms with van der Waals surface area (Å²) in [6, 6.07) is 18.3. The highest BCUT2D eigenvalue weighted by Gasteiger charge is 2.37. The van der Waals surface area contributed by atoms with E-state index >= 15 is 0 Å². The fraction of sp³-hybridized carbons (Fsp3) is 0.417. The molecule has 31 heavy (non-hydrogen) atoms. The van der Waals surface area contributed by atoms with Crippen molar-refractivity contribution in [2.24, 2.45) is 5.92 Å². The van der Waals surface area contributed by atoms with Crippen LogP contribution in [0, 0.1) is 5.92 Å². The monoisotopic (exact) mass is 419 g/mol. The third-order valence-electron chi connectivity index (χ3n) is 6.69. The molecular formula is C24H29N5O2. The van der Waals surface area contributed by atoms with E-state index in [0.29, 0.717) is 26.2 Å². The van der Waals surface area contributed by atoms with E-state index in [9.17, 15) is 9.59 Å². The molecule has 2 aromatic rings. The zero-order valence-corrected chi connectivity index (χ0v) is 17.7. The zero-order chi connectivity index (χ0) is 21.2. The highest BCUT2D eigenvalue weighted by molar-refractivity contribution is 5.96. The van der Waals surface area contributed by atoms with Gasteiger partial charge < -0.3 is 9.80 Å². The van der Waals surface area contributed by atoms with E-state index in [-0.39, 0.29) is 23.8 Å². The molecular weight excluding hydrogens is 390 g/mol. The summed E-state index contributed by atoms with van der Waals surface area (Å²) in [6.07, 6.45) is 0.927. The number of nitrogens with zero attached hydrogens (tertiary/aromatic N) is 3. The number of hydrazine groups is 1. The first-order chi connectivity index (χ1) is 15.2. The summed E-state index contributed by atoms with van der Waals surface area (Å²) in [5.74, 6) is 0.223. The third-order valence-corrected chi connectivity index (χ3v) is 6.69. The quantitative estimate of drug-likeness (QED) is 0.779. The summed E-state index contributed by atoms with van der Waals surface area (Å²) < 4.78 is 0. The van der Waals surface area contributed by atoms with Crippen LogP contribution in [-0.4, -0.2) is 67.4 Å². The molecule has 0 aromatic heterocycles. The lowest BCUT2D eigenvalue weighted by molar-refractivity contribution is -0.137. The first-order valence-electron chi connectivity index (χ1n) is 11.1. The number of anilines is 1. The lowest BCUT2D eigenvalue weighted by atomic mass is 9.93. The Kier molecular flexibility index (Phi) is 5.72. The molecule has 0 spiro atoms. The Morgan fingerprint density at radius 3 is 2.45 bits per heavy atom. The number of hydrogen-bond donors (Lipinski definition) is 2. The second-order valence-corrected chi connectivity index (χ2v) is 8.55. The van der Waals surface area contributed by atoms with Crippen molar-refractivity contribution in [1.82, 2.24) is 20.7 Å². The van der Waals surface area contributed by atoms with Gasteiger partial charge in [0.1, 0.15) is 0 Å². The van der Waals surface area contributed by atoms with Gasteiger partial charge in [0.05, 0.1) is 18.5 Å². The highest BCUT2D eigenvalue weighted by Crippen LogP contribution is 2.28. The molecule has 0 saturated carbocycles. The zero-order valence-electron chi connectivity index (χ0n) is 17.7. The number of benzene rings is 2. The van der Waals surface area contributed by atoms with Gasteiger partial charge in [-0.05, 0) is 23.6 Å². The molecule has 3 aliphatic heterocycles. The van der Waals surface area contributed by atoms with Gasteiger partial charge in [-0.15, -0.1) is 0 Å². The molecule has 2 unspecified atom stereocenters. The number of nitrogens with one attached hydrogen (secondary N) is 2. The topological polar surface area (TPSA) is 67.9 Å². The minimum Gasteiger partial charge on any atom is -0.340 e. The Morgan fingerprint density at radius 1 is 0.903 bits per heavy atom. The van der Waals surface area contributed by atoms with Crippen LogP contribution >= 0.6 is 0 Å². The lowest BCUT2D eigenvalue weighted by Crippen LogP contribution is -2.53. The molecule has 3 heterocycles. The van der Waals surface area contributed by atoms with Gasteiger partial charge in [-0.25, -0.2) is 5.43 Å². The number of amides is 2. The molecule has 2 atom stereocenters. The summed E-state index contributed by atoms with van der Waals surface area (Å²) in [4.78, 5) is 32.1. The lowest BCUT2D eigenvalue weighted by Gasteiger charge is -2.36. The summed E-state index contributed by atoms with van der Waals surface area (Å²) >= 11 is 0. The number of rotatable bonds is 4. The van der Waals surface area contributed by atoms with Crippen molar-refractivity contribution >= 4 is 17.5 Å². The SMILES string of the molecule is O=C(C1CNNC1c1ccccc1)N1CCN(CC(=O)N2CCc3ccccc32)CC1. The molecule has 2 fully saturated rings. The van der Waals surface area contributed by atoms with E-state index in [4.69, 9.17) is 0 Å². The van der Waals surface area contributed by atoms with Crippen LogP contribution in [0.1, 0.15) is 17.2 Å². The fourth-order valence-electron chi connectivity index (χ4n) is 4.94. The molecule has 7 heteroatoms. The summed E-state index contributed by atoms with van der Waals surface area (Å²) in [5, 5.41) is 0. The predicted molar refractivity (Wildman–Crippen MR) is 119 cm³/mol. The first kappa shape index (κ1) is 20.2. The summed E-state index contributed by atoms with van der Waals surface area (Å²) in [6.45, 7) is 4.61. The second-order valence-electron chi connectivity index (χ2n) is 8.55. The highest BCUT2D eigenvalue weighted by atomic mass is 16.2. The van der Waals surface area contributed by atoms with Gasteiger partial charge in [0.25, 0.3) is 0 Å². The second kappa shape index (κ2) is 8.78. The average molecular weight is 420 g/mol. The van der Waals surface area contributed by atoms with E-state index in [0.717, 1.165) is 37.3 Å². The van der Waals surface area contributed by atoms with Gasteiger partial charge in [0.15, 0.2) is 0 Å². The van der Waals surface area contributed by atoms with Gasteiger partial charge in [0.2, 0.25) is 11.8 Å². The van der Waals surface area contributed by atoms with Crippen LogP contribution in [0.4, 0.5) is 5.69 Å². The van der Waals surface area contributed by atoms with Gasteiger partial charge >= 0.3 is 0 Å². The minimum absolute atomic E-state index is 0.0106. The average Bonchev–Trinajstić information content (AvgIpc) is 3.47. The Morgan fingerprint density at radius 2 is 1.65 bits per heavy atom. The van der Waals surface area contributed by atoms with Crippen LogP contribution in [0.3, 0.4) is 0 Å². The molecule has 7 nitrogen and oxygen atoms in total. The molecule has 2 N–H and O–H groups in total.